The Morgan fingerprint density at radius 3 is 2.00 bits per heavy atom. The zero-order chi connectivity index (χ0) is 52.4. The SMILES string of the molecule is C=C1C[C@@]23CC[C@H]4[C@@](C)(CCC[C@@]4(C)C(=O)O[C@H]4C[C@@H](O)[C@H](O)[C@@H](COC(=O)CC(=O)O)O4)[C@@H]2CC[C@@]1(O[C@@H]1O[C@H](CO)[C@@H](O)[C@H](O[C@@H]2O[C@H](CO)C[C@H](O)[C@H]2O)[C@H]1O[C@@H]1O[C@H](CO)[C@@H](O)[C@H](O)C1O)C3C. The summed E-state index contributed by atoms with van der Waals surface area (Å²) in [5, 5.41) is 127. The second-order valence-corrected chi connectivity index (χ2v) is 22.0. The van der Waals surface area contributed by atoms with Gasteiger partial charge < -0.3 is 104 Å². The molecule has 72 heavy (non-hydrogen) atoms. The van der Waals surface area contributed by atoms with Gasteiger partial charge in [-0.05, 0) is 86.0 Å². The fourth-order valence-electron chi connectivity index (χ4n) is 14.3. The van der Waals surface area contributed by atoms with Gasteiger partial charge in [0, 0.05) is 12.8 Å². The molecule has 4 heterocycles. The smallest absolute Gasteiger partial charge is 0.317 e. The Morgan fingerprint density at radius 2 is 1.32 bits per heavy atom. The van der Waals surface area contributed by atoms with Gasteiger partial charge in [-0.25, -0.2) is 0 Å². The molecule has 8 fully saturated rings. The molecule has 4 aliphatic heterocycles. The van der Waals surface area contributed by atoms with Crippen LogP contribution in [0.4, 0.5) is 0 Å². The van der Waals surface area contributed by atoms with Crippen molar-refractivity contribution in [3.05, 3.63) is 12.2 Å². The van der Waals surface area contributed by atoms with E-state index >= 15 is 0 Å². The van der Waals surface area contributed by atoms with E-state index in [1.54, 1.807) is 0 Å². The maximum Gasteiger partial charge on any atom is 0.317 e. The Bertz CT molecular complexity index is 1960. The molecule has 0 radical (unpaired) electrons. The van der Waals surface area contributed by atoms with Crippen molar-refractivity contribution in [2.45, 2.75) is 208 Å². The molecule has 12 N–H and O–H groups in total. The molecule has 410 valence electrons. The summed E-state index contributed by atoms with van der Waals surface area (Å²) in [6.45, 7) is 8.01. The van der Waals surface area contributed by atoms with Gasteiger partial charge in [0.15, 0.2) is 18.9 Å². The molecule has 0 amide bonds. The number of carboxylic acids is 1. The van der Waals surface area contributed by atoms with Crippen LogP contribution in [0.5, 0.6) is 0 Å². The molecular formula is C48H74O24. The van der Waals surface area contributed by atoms with E-state index in [0.717, 1.165) is 12.0 Å². The number of esters is 2. The maximum absolute atomic E-state index is 14.5. The molecule has 0 aromatic carbocycles. The summed E-state index contributed by atoms with van der Waals surface area (Å²) in [4.78, 5) is 37.4. The number of aliphatic carboxylic acids is 1. The third-order valence-corrected chi connectivity index (χ3v) is 18.1. The van der Waals surface area contributed by atoms with Crippen molar-refractivity contribution in [1.29, 1.82) is 0 Å². The monoisotopic (exact) mass is 1030 g/mol. The lowest BCUT2D eigenvalue weighted by atomic mass is 9.39. The van der Waals surface area contributed by atoms with Gasteiger partial charge in [-0.15, -0.1) is 0 Å². The number of carbonyl (C=O) groups is 3. The summed E-state index contributed by atoms with van der Waals surface area (Å²) in [6.07, 6.45) is -24.9. The van der Waals surface area contributed by atoms with Gasteiger partial charge in [0.2, 0.25) is 6.29 Å². The minimum atomic E-state index is -1.93. The van der Waals surface area contributed by atoms with Gasteiger partial charge in [-0.2, -0.15) is 0 Å². The number of aliphatic hydroxyl groups excluding tert-OH is 11. The first kappa shape index (κ1) is 55.7. The summed E-state index contributed by atoms with van der Waals surface area (Å²) in [6, 6.07) is 0. The highest BCUT2D eigenvalue weighted by atomic mass is 16.8. The summed E-state index contributed by atoms with van der Waals surface area (Å²) in [5.41, 5.74) is -2.33. The third-order valence-electron chi connectivity index (χ3n) is 18.1. The molecular weight excluding hydrogens is 961 g/mol. The zero-order valence-corrected chi connectivity index (χ0v) is 40.7. The number of aliphatic hydroxyl groups is 11. The average molecular weight is 1040 g/mol. The molecule has 25 atom stereocenters. The minimum absolute atomic E-state index is 0.0160. The molecule has 2 unspecified atom stereocenters. The molecule has 0 aromatic heterocycles. The number of rotatable bonds is 15. The van der Waals surface area contributed by atoms with Crippen LogP contribution in [0.1, 0.15) is 91.4 Å². The van der Waals surface area contributed by atoms with E-state index in [-0.39, 0.29) is 30.6 Å². The van der Waals surface area contributed by atoms with Crippen LogP contribution in [0.3, 0.4) is 0 Å². The Labute approximate surface area is 415 Å². The Morgan fingerprint density at radius 1 is 0.681 bits per heavy atom. The second-order valence-electron chi connectivity index (χ2n) is 22.0. The summed E-state index contributed by atoms with van der Waals surface area (Å²) in [5.74, 6) is -3.50. The third kappa shape index (κ3) is 9.78. The first-order chi connectivity index (χ1) is 34.0. The van der Waals surface area contributed by atoms with E-state index in [1.165, 1.54) is 0 Å². The van der Waals surface area contributed by atoms with Crippen LogP contribution < -0.4 is 0 Å². The number of ether oxygens (including phenoxy) is 9. The predicted molar refractivity (Wildman–Crippen MR) is 237 cm³/mol. The molecule has 4 aliphatic carbocycles. The van der Waals surface area contributed by atoms with Gasteiger partial charge in [0.05, 0.1) is 49.1 Å². The number of carbonyl (C=O) groups excluding carboxylic acids is 2. The quantitative estimate of drug-likeness (QED) is 0.0342. The van der Waals surface area contributed by atoms with E-state index < -0.39 is 183 Å². The fourth-order valence-corrected chi connectivity index (χ4v) is 14.3. The van der Waals surface area contributed by atoms with Crippen molar-refractivity contribution in [2.75, 3.05) is 26.4 Å². The van der Waals surface area contributed by atoms with Crippen LogP contribution >= 0.6 is 0 Å². The van der Waals surface area contributed by atoms with E-state index in [1.807, 2.05) is 6.92 Å². The molecule has 24 heteroatoms. The maximum atomic E-state index is 14.5. The molecule has 8 aliphatic rings. The zero-order valence-electron chi connectivity index (χ0n) is 40.7. The molecule has 2 bridgehead atoms. The summed E-state index contributed by atoms with van der Waals surface area (Å²) >= 11 is 0. The van der Waals surface area contributed by atoms with Crippen molar-refractivity contribution in [1.82, 2.24) is 0 Å². The van der Waals surface area contributed by atoms with Crippen LogP contribution in [0.15, 0.2) is 12.2 Å². The molecule has 0 aromatic rings. The van der Waals surface area contributed by atoms with Gasteiger partial charge >= 0.3 is 17.9 Å². The van der Waals surface area contributed by atoms with Gasteiger partial charge in [0.1, 0.15) is 80.2 Å². The predicted octanol–water partition coefficient (Wildman–Crippen LogP) is -2.78. The standard InChI is InChI=1S/C48H74O24/c1-20-15-47-10-6-28-45(3,8-5-9-46(28,4)44(63)69-32-13-24(53)33(57)27(66-32)19-64-31(56)14-30(54)55)29(47)7-11-48(20,21(47)2)72-43-40(71-42-38(62)37(61)35(59)25(17-50)67-42)39(36(60)26(18-51)68-43)70-41-34(58)23(52)12-22(16-49)65-41/h21-29,32-43,49-53,57-62H,1,5-19H2,2-4H3,(H,54,55)/t21?,22-,23-,24+,25+,26+,27+,28-,29-,32-,33-,34+,35+,36+,37-,38?,39-,40+,41-,42-,43-,45+,46+,47+,48-/m0/s1. The van der Waals surface area contributed by atoms with Crippen LogP contribution in [-0.2, 0) is 57.0 Å². The number of fused-ring (bicyclic) bond motifs is 3. The summed E-state index contributed by atoms with van der Waals surface area (Å²) < 4.78 is 54.3. The van der Waals surface area contributed by atoms with Gasteiger partial charge in [0.25, 0.3) is 0 Å². The van der Waals surface area contributed by atoms with Crippen LogP contribution in [0.2, 0.25) is 0 Å². The Balaban J connectivity index is 1.04. The summed E-state index contributed by atoms with van der Waals surface area (Å²) in [7, 11) is 0. The molecule has 8 rings (SSSR count). The lowest BCUT2D eigenvalue weighted by molar-refractivity contribution is -0.399. The van der Waals surface area contributed by atoms with Crippen molar-refractivity contribution < 1.29 is 118 Å². The van der Waals surface area contributed by atoms with E-state index in [0.29, 0.717) is 44.9 Å². The first-order valence-corrected chi connectivity index (χ1v) is 25.1. The highest BCUT2D eigenvalue weighted by molar-refractivity contribution is 5.90. The fraction of sp³-hybridized carbons (Fsp3) is 0.896. The van der Waals surface area contributed by atoms with Crippen molar-refractivity contribution in [2.24, 2.45) is 34.0 Å². The van der Waals surface area contributed by atoms with Crippen LogP contribution in [-0.4, -0.2) is 222 Å². The minimum Gasteiger partial charge on any atom is -0.481 e. The Hall–Kier alpha value is -2.57. The molecule has 24 nitrogen and oxygen atoms in total. The highest BCUT2D eigenvalue weighted by Gasteiger charge is 2.72. The number of hydrogen-bond acceptors (Lipinski definition) is 23. The topological polar surface area (TPSA) is 377 Å². The highest BCUT2D eigenvalue weighted by Crippen LogP contribution is 2.75. The van der Waals surface area contributed by atoms with E-state index in [9.17, 15) is 70.6 Å². The molecule has 4 saturated heterocycles. The number of hydrogen-bond donors (Lipinski definition) is 12. The van der Waals surface area contributed by atoms with Crippen molar-refractivity contribution in [3.8, 4) is 0 Å². The first-order valence-electron chi connectivity index (χ1n) is 25.1. The molecule has 4 saturated carbocycles. The Kier molecular flexibility index (Phi) is 16.6. The molecule has 1 spiro atoms. The lowest BCUT2D eigenvalue weighted by Crippen LogP contribution is -2.68. The normalized spacial score (nSPS) is 50.4. The van der Waals surface area contributed by atoms with E-state index in [4.69, 9.17) is 47.7 Å². The van der Waals surface area contributed by atoms with Gasteiger partial charge in [-0.1, -0.05) is 26.8 Å². The van der Waals surface area contributed by atoms with Crippen LogP contribution in [0.25, 0.3) is 0 Å². The average Bonchev–Trinajstić information content (AvgIpc) is 3.42. The largest absolute Gasteiger partial charge is 0.481 e. The number of carboxylic acid groups (broad SMARTS) is 1. The van der Waals surface area contributed by atoms with E-state index in [2.05, 4.69) is 20.4 Å². The van der Waals surface area contributed by atoms with Crippen molar-refractivity contribution in [3.63, 3.8) is 0 Å². The lowest BCUT2D eigenvalue weighted by Gasteiger charge is -2.66. The van der Waals surface area contributed by atoms with Gasteiger partial charge in [-0.3, -0.25) is 14.4 Å². The van der Waals surface area contributed by atoms with Crippen LogP contribution in [0, 0.1) is 34.0 Å². The van der Waals surface area contributed by atoms with Crippen molar-refractivity contribution >= 4 is 17.9 Å². The second kappa shape index (κ2) is 21.5.